The Kier molecular flexibility index (Phi) is 7.23. The minimum Gasteiger partial charge on any atom is -0.380 e. The van der Waals surface area contributed by atoms with Crippen LogP contribution in [0.15, 0.2) is 22.7 Å². The number of hydrogen-bond donors (Lipinski definition) is 1. The SMILES string of the molecule is CCCNC(Cc1ccc(Br)cc1Cl)C(C)OC. The molecule has 0 saturated heterocycles. The molecule has 2 atom stereocenters. The first-order valence-electron chi connectivity index (χ1n) is 6.28. The summed E-state index contributed by atoms with van der Waals surface area (Å²) in [5, 5.41) is 4.32. The molecule has 0 spiro atoms. The van der Waals surface area contributed by atoms with Gasteiger partial charge in [-0.25, -0.2) is 0 Å². The van der Waals surface area contributed by atoms with Crippen LogP contribution in [0.5, 0.6) is 0 Å². The van der Waals surface area contributed by atoms with E-state index in [1.165, 1.54) is 0 Å². The molecule has 0 aliphatic heterocycles. The Morgan fingerprint density at radius 1 is 1.44 bits per heavy atom. The molecule has 1 rings (SSSR count). The van der Waals surface area contributed by atoms with Gasteiger partial charge in [0.1, 0.15) is 0 Å². The lowest BCUT2D eigenvalue weighted by Gasteiger charge is -2.24. The average molecular weight is 335 g/mol. The molecule has 1 aromatic carbocycles. The summed E-state index contributed by atoms with van der Waals surface area (Å²) < 4.78 is 6.44. The van der Waals surface area contributed by atoms with E-state index in [1.807, 2.05) is 12.1 Å². The van der Waals surface area contributed by atoms with E-state index in [9.17, 15) is 0 Å². The largest absolute Gasteiger partial charge is 0.380 e. The molecular weight excluding hydrogens is 314 g/mol. The van der Waals surface area contributed by atoms with E-state index in [1.54, 1.807) is 7.11 Å². The normalized spacial score (nSPS) is 14.5. The van der Waals surface area contributed by atoms with Crippen LogP contribution < -0.4 is 5.32 Å². The molecule has 0 amide bonds. The van der Waals surface area contributed by atoms with Crippen molar-refractivity contribution in [2.45, 2.75) is 38.8 Å². The fraction of sp³-hybridized carbons (Fsp3) is 0.571. The first-order chi connectivity index (χ1) is 8.58. The zero-order chi connectivity index (χ0) is 13.5. The van der Waals surface area contributed by atoms with Gasteiger partial charge in [0.2, 0.25) is 0 Å². The van der Waals surface area contributed by atoms with Gasteiger partial charge in [0, 0.05) is 22.6 Å². The van der Waals surface area contributed by atoms with Gasteiger partial charge < -0.3 is 10.1 Å². The van der Waals surface area contributed by atoms with Crippen LogP contribution in [-0.4, -0.2) is 25.8 Å². The summed E-state index contributed by atoms with van der Waals surface area (Å²) in [4.78, 5) is 0. The zero-order valence-electron chi connectivity index (χ0n) is 11.2. The molecule has 0 saturated carbocycles. The van der Waals surface area contributed by atoms with Crippen LogP contribution in [-0.2, 0) is 11.2 Å². The van der Waals surface area contributed by atoms with Crippen LogP contribution in [0.3, 0.4) is 0 Å². The Bertz CT molecular complexity index is 373. The number of hydrogen-bond acceptors (Lipinski definition) is 2. The van der Waals surface area contributed by atoms with Gasteiger partial charge in [-0.1, -0.05) is 40.5 Å². The summed E-state index contributed by atoms with van der Waals surface area (Å²) in [6, 6.07) is 6.31. The fourth-order valence-electron chi connectivity index (χ4n) is 1.82. The molecule has 0 aliphatic carbocycles. The highest BCUT2D eigenvalue weighted by molar-refractivity contribution is 9.10. The zero-order valence-corrected chi connectivity index (χ0v) is 13.5. The van der Waals surface area contributed by atoms with Gasteiger partial charge in [-0.3, -0.25) is 0 Å². The summed E-state index contributed by atoms with van der Waals surface area (Å²) >= 11 is 9.68. The molecule has 1 aromatic rings. The molecule has 2 nitrogen and oxygen atoms in total. The smallest absolute Gasteiger partial charge is 0.0699 e. The highest BCUT2D eigenvalue weighted by atomic mass is 79.9. The quantitative estimate of drug-likeness (QED) is 0.812. The van der Waals surface area contributed by atoms with E-state index in [-0.39, 0.29) is 12.1 Å². The highest BCUT2D eigenvalue weighted by Crippen LogP contribution is 2.23. The third-order valence-corrected chi connectivity index (χ3v) is 3.89. The van der Waals surface area contributed by atoms with Crippen LogP contribution in [0.25, 0.3) is 0 Å². The number of methoxy groups -OCH3 is 1. The Labute approximate surface area is 123 Å². The predicted molar refractivity (Wildman–Crippen MR) is 81.4 cm³/mol. The van der Waals surface area contributed by atoms with Crippen molar-refractivity contribution in [2.75, 3.05) is 13.7 Å². The highest BCUT2D eigenvalue weighted by Gasteiger charge is 2.17. The fourth-order valence-corrected chi connectivity index (χ4v) is 2.57. The van der Waals surface area contributed by atoms with Crippen molar-refractivity contribution < 1.29 is 4.74 Å². The number of nitrogens with one attached hydrogen (secondary N) is 1. The van der Waals surface area contributed by atoms with Gasteiger partial charge in [0.05, 0.1) is 6.10 Å². The van der Waals surface area contributed by atoms with Crippen molar-refractivity contribution >= 4 is 27.5 Å². The average Bonchev–Trinajstić information content (AvgIpc) is 2.36. The van der Waals surface area contributed by atoms with E-state index >= 15 is 0 Å². The second-order valence-electron chi connectivity index (χ2n) is 4.44. The summed E-state index contributed by atoms with van der Waals surface area (Å²) in [5.41, 5.74) is 1.15. The van der Waals surface area contributed by atoms with E-state index in [2.05, 4.69) is 41.2 Å². The van der Waals surface area contributed by atoms with E-state index in [4.69, 9.17) is 16.3 Å². The monoisotopic (exact) mass is 333 g/mol. The Hall–Kier alpha value is -0.0900. The Balaban J connectivity index is 2.75. The molecule has 0 aliphatic rings. The lowest BCUT2D eigenvalue weighted by Crippen LogP contribution is -2.41. The number of halogens is 2. The molecule has 0 bridgehead atoms. The minimum atomic E-state index is 0.163. The lowest BCUT2D eigenvalue weighted by atomic mass is 10.0. The Morgan fingerprint density at radius 3 is 2.72 bits per heavy atom. The lowest BCUT2D eigenvalue weighted by molar-refractivity contribution is 0.0831. The first-order valence-corrected chi connectivity index (χ1v) is 7.45. The molecular formula is C14H21BrClNO. The van der Waals surface area contributed by atoms with Crippen molar-refractivity contribution in [1.82, 2.24) is 5.32 Å². The van der Waals surface area contributed by atoms with Crippen molar-refractivity contribution in [3.05, 3.63) is 33.3 Å². The van der Waals surface area contributed by atoms with Crippen LogP contribution >= 0.6 is 27.5 Å². The number of benzene rings is 1. The van der Waals surface area contributed by atoms with Crippen LogP contribution in [0, 0.1) is 0 Å². The maximum absolute atomic E-state index is 6.26. The molecule has 0 aromatic heterocycles. The molecule has 4 heteroatoms. The Morgan fingerprint density at radius 2 is 2.17 bits per heavy atom. The molecule has 0 radical (unpaired) electrons. The third-order valence-electron chi connectivity index (χ3n) is 3.05. The predicted octanol–water partition coefficient (Wildman–Crippen LogP) is 4.05. The summed E-state index contributed by atoms with van der Waals surface area (Å²) in [6.45, 7) is 5.24. The molecule has 18 heavy (non-hydrogen) atoms. The molecule has 0 fully saturated rings. The summed E-state index contributed by atoms with van der Waals surface area (Å²) in [6.07, 6.45) is 2.15. The van der Waals surface area contributed by atoms with Gasteiger partial charge in [-0.15, -0.1) is 0 Å². The van der Waals surface area contributed by atoms with Gasteiger partial charge in [0.15, 0.2) is 0 Å². The molecule has 0 heterocycles. The maximum Gasteiger partial charge on any atom is 0.0699 e. The van der Waals surface area contributed by atoms with Gasteiger partial charge in [-0.05, 0) is 44.0 Å². The summed E-state index contributed by atoms with van der Waals surface area (Å²) in [7, 11) is 1.74. The topological polar surface area (TPSA) is 21.3 Å². The van der Waals surface area contributed by atoms with Crippen molar-refractivity contribution in [2.24, 2.45) is 0 Å². The van der Waals surface area contributed by atoms with Gasteiger partial charge >= 0.3 is 0 Å². The van der Waals surface area contributed by atoms with Crippen molar-refractivity contribution in [1.29, 1.82) is 0 Å². The molecule has 102 valence electrons. The summed E-state index contributed by atoms with van der Waals surface area (Å²) in [5.74, 6) is 0. The van der Waals surface area contributed by atoms with Crippen LogP contribution in [0.2, 0.25) is 5.02 Å². The van der Waals surface area contributed by atoms with E-state index in [0.717, 1.165) is 34.4 Å². The van der Waals surface area contributed by atoms with Crippen LogP contribution in [0.1, 0.15) is 25.8 Å². The second kappa shape index (κ2) is 8.16. The third kappa shape index (κ3) is 4.88. The second-order valence-corrected chi connectivity index (χ2v) is 5.76. The number of rotatable bonds is 7. The first kappa shape index (κ1) is 16.0. The number of ether oxygens (including phenoxy) is 1. The van der Waals surface area contributed by atoms with Crippen LogP contribution in [0.4, 0.5) is 0 Å². The van der Waals surface area contributed by atoms with Gasteiger partial charge in [0.25, 0.3) is 0 Å². The van der Waals surface area contributed by atoms with E-state index in [0.29, 0.717) is 0 Å². The van der Waals surface area contributed by atoms with Gasteiger partial charge in [-0.2, -0.15) is 0 Å². The molecule has 1 N–H and O–H groups in total. The van der Waals surface area contributed by atoms with Crippen molar-refractivity contribution in [3.63, 3.8) is 0 Å². The van der Waals surface area contributed by atoms with E-state index < -0.39 is 0 Å². The van der Waals surface area contributed by atoms with Crippen molar-refractivity contribution in [3.8, 4) is 0 Å². The standard InChI is InChI=1S/C14H21BrClNO/c1-4-7-17-14(10(2)18-3)8-11-5-6-12(15)9-13(11)16/h5-6,9-10,14,17H,4,7-8H2,1-3H3. The molecule has 2 unspecified atom stereocenters. The maximum atomic E-state index is 6.26. The minimum absolute atomic E-state index is 0.163.